The van der Waals surface area contributed by atoms with E-state index in [1.54, 1.807) is 4.90 Å². The van der Waals surface area contributed by atoms with Crippen LogP contribution in [0, 0.1) is 0 Å². The van der Waals surface area contributed by atoms with Crippen molar-refractivity contribution in [3.8, 4) is 0 Å². The third-order valence-electron chi connectivity index (χ3n) is 5.35. The second-order valence-electron chi connectivity index (χ2n) is 6.98. The number of morpholine rings is 1. The predicted octanol–water partition coefficient (Wildman–Crippen LogP) is 1.23. The second-order valence-corrected chi connectivity index (χ2v) is 6.98. The highest BCUT2D eigenvalue weighted by Gasteiger charge is 2.38. The Bertz CT molecular complexity index is 615. The maximum absolute atomic E-state index is 12.5. The number of urea groups is 1. The van der Waals surface area contributed by atoms with Gasteiger partial charge in [-0.25, -0.2) is 4.79 Å². The van der Waals surface area contributed by atoms with Crippen molar-refractivity contribution in [3.63, 3.8) is 0 Å². The second kappa shape index (κ2) is 6.43. The summed E-state index contributed by atoms with van der Waals surface area (Å²) >= 11 is 0. The molecule has 6 nitrogen and oxygen atoms in total. The van der Waals surface area contributed by atoms with Gasteiger partial charge in [-0.2, -0.15) is 0 Å². The average molecular weight is 329 g/mol. The van der Waals surface area contributed by atoms with Gasteiger partial charge < -0.3 is 20.3 Å². The van der Waals surface area contributed by atoms with Crippen molar-refractivity contribution in [2.75, 3.05) is 19.7 Å². The normalized spacial score (nSPS) is 32.3. The van der Waals surface area contributed by atoms with Crippen LogP contribution in [0.15, 0.2) is 30.3 Å². The van der Waals surface area contributed by atoms with Gasteiger partial charge in [0.15, 0.2) is 0 Å². The minimum atomic E-state index is -0.0943. The molecule has 0 aromatic heterocycles. The number of rotatable bonds is 2. The van der Waals surface area contributed by atoms with Gasteiger partial charge in [0.05, 0.1) is 12.1 Å². The van der Waals surface area contributed by atoms with Crippen LogP contribution in [0.5, 0.6) is 0 Å². The van der Waals surface area contributed by atoms with E-state index in [1.807, 2.05) is 6.07 Å². The molecule has 2 aliphatic heterocycles. The molecule has 4 rings (SSSR count). The molecule has 0 radical (unpaired) electrons. The summed E-state index contributed by atoms with van der Waals surface area (Å²) in [7, 11) is 0. The Morgan fingerprint density at radius 1 is 1.25 bits per heavy atom. The van der Waals surface area contributed by atoms with Gasteiger partial charge in [0, 0.05) is 19.1 Å². The molecule has 1 aliphatic carbocycles. The Labute approximate surface area is 141 Å². The van der Waals surface area contributed by atoms with Crippen molar-refractivity contribution in [2.45, 2.75) is 43.4 Å². The van der Waals surface area contributed by atoms with Crippen molar-refractivity contribution in [2.24, 2.45) is 0 Å². The number of ether oxygens (including phenoxy) is 1. The summed E-state index contributed by atoms with van der Waals surface area (Å²) < 4.78 is 5.53. The van der Waals surface area contributed by atoms with Crippen LogP contribution in [-0.2, 0) is 9.53 Å². The summed E-state index contributed by atoms with van der Waals surface area (Å²) in [5.41, 5.74) is 1.35. The first-order chi connectivity index (χ1) is 11.7. The molecule has 0 spiro atoms. The van der Waals surface area contributed by atoms with Crippen LogP contribution in [0.4, 0.5) is 4.79 Å². The number of carbonyl (C=O) groups excluding carboxylic acids is 2. The highest BCUT2D eigenvalue weighted by atomic mass is 16.5. The van der Waals surface area contributed by atoms with Gasteiger partial charge in [0.25, 0.3) is 0 Å². The fraction of sp³-hybridized carbons (Fsp3) is 0.556. The first-order valence-electron chi connectivity index (χ1n) is 8.70. The zero-order valence-electron chi connectivity index (χ0n) is 13.6. The number of benzene rings is 1. The minimum Gasteiger partial charge on any atom is -0.366 e. The monoisotopic (exact) mass is 329 g/mol. The Hall–Kier alpha value is -2.08. The molecule has 2 atom stereocenters. The van der Waals surface area contributed by atoms with Crippen molar-refractivity contribution < 1.29 is 14.3 Å². The Morgan fingerprint density at radius 2 is 2.04 bits per heavy atom. The van der Waals surface area contributed by atoms with Crippen molar-refractivity contribution in [3.05, 3.63) is 35.9 Å². The lowest BCUT2D eigenvalue weighted by Gasteiger charge is -2.42. The standard InChI is InChI=1S/C18H23N3O3/c22-17-11-24-16-6-7-21(10-15(16)20-17)18(23)19-14-8-13(9-14)12-4-2-1-3-5-12/h1-5,13-16H,6-11H2,(H,19,23)(H,20,22)/t13?,14?,15-,16+/m0/s1. The fourth-order valence-electron chi connectivity index (χ4n) is 3.88. The number of hydrogen-bond acceptors (Lipinski definition) is 3. The third kappa shape index (κ3) is 3.11. The maximum Gasteiger partial charge on any atom is 0.317 e. The molecule has 6 heteroatoms. The van der Waals surface area contributed by atoms with E-state index in [0.29, 0.717) is 19.0 Å². The van der Waals surface area contributed by atoms with Crippen molar-refractivity contribution >= 4 is 11.9 Å². The summed E-state index contributed by atoms with van der Waals surface area (Å²) in [5, 5.41) is 6.05. The number of likely N-dealkylation sites (tertiary alicyclic amines) is 1. The smallest absolute Gasteiger partial charge is 0.317 e. The van der Waals surface area contributed by atoms with Crippen LogP contribution in [0.25, 0.3) is 0 Å². The molecule has 2 saturated heterocycles. The Kier molecular flexibility index (Phi) is 4.14. The van der Waals surface area contributed by atoms with E-state index in [-0.39, 0.29) is 36.7 Å². The van der Waals surface area contributed by atoms with Gasteiger partial charge >= 0.3 is 6.03 Å². The summed E-state index contributed by atoms with van der Waals surface area (Å²) in [4.78, 5) is 25.7. The van der Waals surface area contributed by atoms with E-state index < -0.39 is 0 Å². The van der Waals surface area contributed by atoms with Gasteiger partial charge in [-0.1, -0.05) is 30.3 Å². The summed E-state index contributed by atoms with van der Waals surface area (Å²) in [6.45, 7) is 1.34. The molecule has 3 fully saturated rings. The van der Waals surface area contributed by atoms with Crippen LogP contribution in [0.3, 0.4) is 0 Å². The molecule has 2 N–H and O–H groups in total. The Balaban J connectivity index is 1.26. The predicted molar refractivity (Wildman–Crippen MR) is 88.6 cm³/mol. The molecule has 2 heterocycles. The minimum absolute atomic E-state index is 0.0233. The number of carbonyl (C=O) groups is 2. The van der Waals surface area contributed by atoms with Gasteiger partial charge in [0.2, 0.25) is 5.91 Å². The van der Waals surface area contributed by atoms with Crippen LogP contribution < -0.4 is 10.6 Å². The average Bonchev–Trinajstić information content (AvgIpc) is 2.57. The molecule has 3 amide bonds. The van der Waals surface area contributed by atoms with E-state index in [4.69, 9.17) is 4.74 Å². The zero-order valence-corrected chi connectivity index (χ0v) is 13.6. The number of hydrogen-bond donors (Lipinski definition) is 2. The van der Waals surface area contributed by atoms with E-state index in [1.165, 1.54) is 5.56 Å². The van der Waals surface area contributed by atoms with E-state index in [0.717, 1.165) is 19.3 Å². The van der Waals surface area contributed by atoms with Crippen LogP contribution in [0.1, 0.15) is 30.7 Å². The fourth-order valence-corrected chi connectivity index (χ4v) is 3.88. The third-order valence-corrected chi connectivity index (χ3v) is 5.35. The summed E-state index contributed by atoms with van der Waals surface area (Å²) in [6.07, 6.45) is 2.80. The summed E-state index contributed by atoms with van der Waals surface area (Å²) in [5.74, 6) is 0.455. The van der Waals surface area contributed by atoms with Crippen molar-refractivity contribution in [1.29, 1.82) is 0 Å². The van der Waals surface area contributed by atoms with E-state index in [9.17, 15) is 9.59 Å². The quantitative estimate of drug-likeness (QED) is 0.857. The number of amides is 3. The number of nitrogens with one attached hydrogen (secondary N) is 2. The molecule has 24 heavy (non-hydrogen) atoms. The lowest BCUT2D eigenvalue weighted by molar-refractivity contribution is -0.139. The number of piperidine rings is 1. The number of nitrogens with zero attached hydrogens (tertiary/aromatic N) is 1. The summed E-state index contributed by atoms with van der Waals surface area (Å²) in [6, 6.07) is 10.6. The SMILES string of the molecule is O=C1CO[C@@H]2CCN(C(=O)NC3CC(c4ccccc4)C3)C[C@@H]2N1. The molecule has 128 valence electrons. The Morgan fingerprint density at radius 3 is 2.83 bits per heavy atom. The molecular formula is C18H23N3O3. The zero-order chi connectivity index (χ0) is 16.5. The van der Waals surface area contributed by atoms with Crippen molar-refractivity contribution in [1.82, 2.24) is 15.5 Å². The maximum atomic E-state index is 12.5. The van der Waals surface area contributed by atoms with Crippen LogP contribution >= 0.6 is 0 Å². The lowest BCUT2D eigenvalue weighted by Crippen LogP contribution is -2.62. The lowest BCUT2D eigenvalue weighted by atomic mass is 9.76. The molecule has 1 saturated carbocycles. The van der Waals surface area contributed by atoms with Gasteiger partial charge in [-0.3, -0.25) is 4.79 Å². The highest BCUT2D eigenvalue weighted by Crippen LogP contribution is 2.36. The molecule has 1 aromatic carbocycles. The molecule has 1 aromatic rings. The van der Waals surface area contributed by atoms with Gasteiger partial charge in [-0.15, -0.1) is 0 Å². The molecular weight excluding hydrogens is 306 g/mol. The molecule has 0 bridgehead atoms. The molecule has 3 aliphatic rings. The van der Waals surface area contributed by atoms with E-state index >= 15 is 0 Å². The highest BCUT2D eigenvalue weighted by molar-refractivity contribution is 5.79. The van der Waals surface area contributed by atoms with E-state index in [2.05, 4.69) is 34.9 Å². The van der Waals surface area contributed by atoms with Crippen LogP contribution in [-0.4, -0.2) is 54.7 Å². The van der Waals surface area contributed by atoms with Crippen LogP contribution in [0.2, 0.25) is 0 Å². The first-order valence-corrected chi connectivity index (χ1v) is 8.70. The topological polar surface area (TPSA) is 70.7 Å². The first kappa shape index (κ1) is 15.4. The van der Waals surface area contributed by atoms with Gasteiger partial charge in [0.1, 0.15) is 6.61 Å². The van der Waals surface area contributed by atoms with Gasteiger partial charge in [-0.05, 0) is 30.7 Å². The largest absolute Gasteiger partial charge is 0.366 e. The number of fused-ring (bicyclic) bond motifs is 1. The molecule has 0 unspecified atom stereocenters.